The highest BCUT2D eigenvalue weighted by Crippen LogP contribution is 2.14. The third kappa shape index (κ3) is 4.42. The van der Waals surface area contributed by atoms with Crippen LogP contribution >= 0.6 is 12.4 Å². The van der Waals surface area contributed by atoms with Crippen LogP contribution in [0.3, 0.4) is 0 Å². The van der Waals surface area contributed by atoms with Crippen molar-refractivity contribution in [2.45, 2.75) is 20.0 Å². The van der Waals surface area contributed by atoms with E-state index in [9.17, 15) is 0 Å². The van der Waals surface area contributed by atoms with E-state index in [0.29, 0.717) is 16.9 Å². The second-order valence-electron chi connectivity index (χ2n) is 3.38. The molecule has 0 saturated carbocycles. The predicted molar refractivity (Wildman–Crippen MR) is 63.7 cm³/mol. The molecule has 0 saturated heterocycles. The quantitative estimate of drug-likeness (QED) is 0.512. The zero-order valence-electron chi connectivity index (χ0n) is 8.68. The van der Waals surface area contributed by atoms with Crippen LogP contribution in [-0.2, 0) is 0 Å². The van der Waals surface area contributed by atoms with Crippen molar-refractivity contribution in [3.05, 3.63) is 18.2 Å². The minimum atomic E-state index is -1.52. The zero-order chi connectivity index (χ0) is 10.7. The Morgan fingerprint density at radius 3 is 2.33 bits per heavy atom. The number of anilines is 1. The van der Waals surface area contributed by atoms with Crippen LogP contribution in [0, 0.1) is 0 Å². The van der Waals surface area contributed by atoms with Crippen LogP contribution < -0.4 is 15.9 Å². The second-order valence-corrected chi connectivity index (χ2v) is 3.38. The maximum atomic E-state index is 8.95. The molecule has 0 atom stereocenters. The molecule has 0 aromatic heterocycles. The zero-order valence-corrected chi connectivity index (χ0v) is 9.49. The average molecular weight is 231 g/mol. The van der Waals surface area contributed by atoms with Gasteiger partial charge in [0.05, 0.1) is 6.10 Å². The van der Waals surface area contributed by atoms with Crippen LogP contribution in [0.2, 0.25) is 0 Å². The third-order valence-corrected chi connectivity index (χ3v) is 1.62. The molecule has 1 aromatic carbocycles. The standard InChI is InChI=1S/C9H14BNO3.ClH/c1-6(2)14-9-4-7(10(12)13)3-8(11)5-9;/h3-6,12-13H,11H2,1-2H3;1H. The molecule has 0 unspecified atom stereocenters. The summed E-state index contributed by atoms with van der Waals surface area (Å²) in [6, 6.07) is 4.70. The number of hydrogen-bond donors (Lipinski definition) is 3. The van der Waals surface area contributed by atoms with E-state index in [4.69, 9.17) is 20.5 Å². The molecule has 84 valence electrons. The Morgan fingerprint density at radius 1 is 1.27 bits per heavy atom. The predicted octanol–water partition coefficient (Wildman–Crippen LogP) is 0.158. The van der Waals surface area contributed by atoms with Crippen molar-refractivity contribution in [1.29, 1.82) is 0 Å². The molecule has 0 aliphatic heterocycles. The highest BCUT2D eigenvalue weighted by Gasteiger charge is 2.13. The van der Waals surface area contributed by atoms with Crippen molar-refractivity contribution >= 4 is 30.7 Å². The Labute approximate surface area is 95.6 Å². The van der Waals surface area contributed by atoms with E-state index in [2.05, 4.69) is 0 Å². The molecule has 0 aliphatic rings. The van der Waals surface area contributed by atoms with Gasteiger partial charge in [0.2, 0.25) is 0 Å². The summed E-state index contributed by atoms with van der Waals surface area (Å²) in [6.45, 7) is 3.77. The van der Waals surface area contributed by atoms with E-state index in [1.54, 1.807) is 12.1 Å². The molecule has 1 aromatic rings. The normalized spacial score (nSPS) is 9.67. The Bertz CT molecular complexity index is 320. The molecule has 0 amide bonds. The van der Waals surface area contributed by atoms with Crippen molar-refractivity contribution in [1.82, 2.24) is 0 Å². The van der Waals surface area contributed by atoms with Gasteiger partial charge in [-0.15, -0.1) is 12.4 Å². The smallest absolute Gasteiger partial charge is 0.488 e. The number of nitrogen functional groups attached to an aromatic ring is 1. The number of rotatable bonds is 3. The van der Waals surface area contributed by atoms with Crippen LogP contribution in [0.25, 0.3) is 0 Å². The summed E-state index contributed by atoms with van der Waals surface area (Å²) in [6.07, 6.45) is 0.0282. The summed E-state index contributed by atoms with van der Waals surface area (Å²) in [7, 11) is -1.52. The lowest BCUT2D eigenvalue weighted by Crippen LogP contribution is -2.30. The molecule has 6 heteroatoms. The third-order valence-electron chi connectivity index (χ3n) is 1.62. The first-order chi connectivity index (χ1) is 6.49. The van der Waals surface area contributed by atoms with Gasteiger partial charge in [-0.05, 0) is 31.4 Å². The Hall–Kier alpha value is -0.905. The van der Waals surface area contributed by atoms with E-state index >= 15 is 0 Å². The summed E-state index contributed by atoms with van der Waals surface area (Å²) in [5.41, 5.74) is 6.35. The minimum absolute atomic E-state index is 0. The topological polar surface area (TPSA) is 75.7 Å². The van der Waals surface area contributed by atoms with Crippen LogP contribution in [0.5, 0.6) is 5.75 Å². The first kappa shape index (κ1) is 14.1. The molecule has 0 aliphatic carbocycles. The minimum Gasteiger partial charge on any atom is -0.491 e. The molecule has 0 spiro atoms. The Balaban J connectivity index is 0.00000196. The summed E-state index contributed by atoms with van der Waals surface area (Å²) in [5.74, 6) is 0.545. The fraction of sp³-hybridized carbons (Fsp3) is 0.333. The van der Waals surface area contributed by atoms with E-state index in [0.717, 1.165) is 0 Å². The van der Waals surface area contributed by atoms with Crippen molar-refractivity contribution in [2.75, 3.05) is 5.73 Å². The highest BCUT2D eigenvalue weighted by molar-refractivity contribution is 6.58. The van der Waals surface area contributed by atoms with Crippen molar-refractivity contribution < 1.29 is 14.8 Å². The van der Waals surface area contributed by atoms with Gasteiger partial charge in [0.25, 0.3) is 0 Å². The van der Waals surface area contributed by atoms with Gasteiger partial charge in [-0.25, -0.2) is 0 Å². The van der Waals surface area contributed by atoms with Gasteiger partial charge < -0.3 is 20.5 Å². The molecule has 4 N–H and O–H groups in total. The lowest BCUT2D eigenvalue weighted by Gasteiger charge is -2.11. The summed E-state index contributed by atoms with van der Waals surface area (Å²) >= 11 is 0. The van der Waals surface area contributed by atoms with Gasteiger partial charge >= 0.3 is 7.12 Å². The first-order valence-electron chi connectivity index (χ1n) is 4.42. The average Bonchev–Trinajstić information content (AvgIpc) is 2.01. The van der Waals surface area contributed by atoms with Crippen molar-refractivity contribution in [2.24, 2.45) is 0 Å². The Morgan fingerprint density at radius 2 is 1.87 bits per heavy atom. The van der Waals surface area contributed by atoms with Crippen LogP contribution in [0.4, 0.5) is 5.69 Å². The van der Waals surface area contributed by atoms with E-state index in [1.807, 2.05) is 13.8 Å². The maximum absolute atomic E-state index is 8.95. The molecular formula is C9H15BClNO3. The number of nitrogens with two attached hydrogens (primary N) is 1. The fourth-order valence-corrected chi connectivity index (χ4v) is 1.14. The second kappa shape index (κ2) is 5.85. The molecule has 0 radical (unpaired) electrons. The molecular weight excluding hydrogens is 216 g/mol. The molecule has 0 bridgehead atoms. The van der Waals surface area contributed by atoms with E-state index in [1.165, 1.54) is 6.07 Å². The number of halogens is 1. The van der Waals surface area contributed by atoms with Crippen LogP contribution in [-0.4, -0.2) is 23.3 Å². The van der Waals surface area contributed by atoms with Gasteiger partial charge in [0, 0.05) is 11.8 Å². The summed E-state index contributed by atoms with van der Waals surface area (Å²) < 4.78 is 5.38. The van der Waals surface area contributed by atoms with Gasteiger partial charge in [-0.1, -0.05) is 0 Å². The van der Waals surface area contributed by atoms with E-state index < -0.39 is 7.12 Å². The fourth-order valence-electron chi connectivity index (χ4n) is 1.14. The lowest BCUT2D eigenvalue weighted by atomic mass is 9.80. The molecule has 0 heterocycles. The van der Waals surface area contributed by atoms with Crippen molar-refractivity contribution in [3.8, 4) is 5.75 Å². The summed E-state index contributed by atoms with van der Waals surface area (Å²) in [5, 5.41) is 17.9. The largest absolute Gasteiger partial charge is 0.491 e. The number of hydrogen-bond acceptors (Lipinski definition) is 4. The van der Waals surface area contributed by atoms with Gasteiger partial charge in [0.1, 0.15) is 5.75 Å². The van der Waals surface area contributed by atoms with Gasteiger partial charge in [-0.2, -0.15) is 0 Å². The Kier molecular flexibility index (Phi) is 5.50. The molecule has 1 rings (SSSR count). The lowest BCUT2D eigenvalue weighted by molar-refractivity contribution is 0.242. The van der Waals surface area contributed by atoms with E-state index in [-0.39, 0.29) is 18.5 Å². The monoisotopic (exact) mass is 231 g/mol. The number of ether oxygens (including phenoxy) is 1. The van der Waals surface area contributed by atoms with Gasteiger partial charge in [-0.3, -0.25) is 0 Å². The maximum Gasteiger partial charge on any atom is 0.488 e. The SMILES string of the molecule is CC(C)Oc1cc(N)cc(B(O)O)c1.Cl. The first-order valence-corrected chi connectivity index (χ1v) is 4.42. The van der Waals surface area contributed by atoms with Crippen molar-refractivity contribution in [3.63, 3.8) is 0 Å². The molecule has 15 heavy (non-hydrogen) atoms. The van der Waals surface area contributed by atoms with Gasteiger partial charge in [0.15, 0.2) is 0 Å². The summed E-state index contributed by atoms with van der Waals surface area (Å²) in [4.78, 5) is 0. The highest BCUT2D eigenvalue weighted by atomic mass is 35.5. The molecule has 4 nitrogen and oxygen atoms in total. The van der Waals surface area contributed by atoms with Crippen LogP contribution in [0.1, 0.15) is 13.8 Å². The molecule has 0 fully saturated rings. The van der Waals surface area contributed by atoms with Crippen LogP contribution in [0.15, 0.2) is 18.2 Å². The number of benzene rings is 1.